The summed E-state index contributed by atoms with van der Waals surface area (Å²) in [6.45, 7) is 1.93. The van der Waals surface area contributed by atoms with Gasteiger partial charge in [0.1, 0.15) is 6.04 Å². The van der Waals surface area contributed by atoms with Crippen LogP contribution in [0.25, 0.3) is 0 Å². The highest BCUT2D eigenvalue weighted by molar-refractivity contribution is 8.00. The molecule has 114 valence electrons. The van der Waals surface area contributed by atoms with Gasteiger partial charge >= 0.3 is 12.0 Å². The van der Waals surface area contributed by atoms with Crippen molar-refractivity contribution >= 4 is 35.1 Å². The summed E-state index contributed by atoms with van der Waals surface area (Å²) in [7, 11) is 0. The second kappa shape index (κ2) is 5.88. The van der Waals surface area contributed by atoms with Crippen molar-refractivity contribution in [2.24, 2.45) is 5.92 Å². The zero-order valence-corrected chi connectivity index (χ0v) is 13.3. The van der Waals surface area contributed by atoms with Crippen LogP contribution in [0.1, 0.15) is 30.7 Å². The number of thioether (sulfide) groups is 1. The molecule has 3 unspecified atom stereocenters. The van der Waals surface area contributed by atoms with Crippen LogP contribution in [0.3, 0.4) is 0 Å². The molecule has 3 atom stereocenters. The van der Waals surface area contributed by atoms with E-state index in [2.05, 4.69) is 5.32 Å². The van der Waals surface area contributed by atoms with Gasteiger partial charge in [-0.05, 0) is 37.1 Å². The number of nitrogens with one attached hydrogen (secondary N) is 1. The molecular weight excluding hydrogens is 308 g/mol. The number of carbonyl (C=O) groups excluding carboxylic acids is 1. The number of rotatable bonds is 4. The summed E-state index contributed by atoms with van der Waals surface area (Å²) < 4.78 is 0. The van der Waals surface area contributed by atoms with Gasteiger partial charge in [0, 0.05) is 10.6 Å². The monoisotopic (exact) mass is 326 g/mol. The van der Waals surface area contributed by atoms with Crippen LogP contribution in [0.5, 0.6) is 0 Å². The Morgan fingerprint density at radius 2 is 2.24 bits per heavy atom. The van der Waals surface area contributed by atoms with E-state index in [1.54, 1.807) is 28.0 Å². The molecule has 21 heavy (non-hydrogen) atoms. The van der Waals surface area contributed by atoms with Crippen molar-refractivity contribution in [1.82, 2.24) is 10.2 Å². The molecule has 1 saturated carbocycles. The third-order valence-corrected chi connectivity index (χ3v) is 6.41. The molecule has 1 saturated heterocycles. The summed E-state index contributed by atoms with van der Waals surface area (Å²) in [5.74, 6) is 0.0313. The summed E-state index contributed by atoms with van der Waals surface area (Å²) in [5, 5.41) is 14.3. The number of thiophene rings is 1. The van der Waals surface area contributed by atoms with Gasteiger partial charge < -0.3 is 10.4 Å². The highest BCUT2D eigenvalue weighted by Crippen LogP contribution is 2.45. The molecule has 1 aromatic heterocycles. The molecule has 7 heteroatoms. The van der Waals surface area contributed by atoms with Crippen LogP contribution >= 0.6 is 23.1 Å². The van der Waals surface area contributed by atoms with Crippen LogP contribution in [0.4, 0.5) is 4.79 Å². The number of carbonyl (C=O) groups is 2. The minimum atomic E-state index is -0.912. The third-order valence-electron chi connectivity index (χ3n) is 3.89. The second-order valence-electron chi connectivity index (χ2n) is 5.51. The van der Waals surface area contributed by atoms with Gasteiger partial charge in [0.25, 0.3) is 0 Å². The Bertz CT molecular complexity index is 530. The van der Waals surface area contributed by atoms with E-state index in [4.69, 9.17) is 0 Å². The molecule has 5 nitrogen and oxygen atoms in total. The fourth-order valence-electron chi connectivity index (χ4n) is 2.59. The van der Waals surface area contributed by atoms with Crippen molar-refractivity contribution in [2.75, 3.05) is 5.75 Å². The van der Waals surface area contributed by atoms with Crippen LogP contribution in [0.2, 0.25) is 0 Å². The Kier molecular flexibility index (Phi) is 4.12. The Morgan fingerprint density at radius 3 is 2.81 bits per heavy atom. The van der Waals surface area contributed by atoms with Crippen molar-refractivity contribution in [3.63, 3.8) is 0 Å². The predicted molar refractivity (Wildman–Crippen MR) is 83.5 cm³/mol. The minimum absolute atomic E-state index is 0.0154. The molecular formula is C14H18N2O3S2. The maximum Gasteiger partial charge on any atom is 0.327 e. The molecule has 2 heterocycles. The Morgan fingerprint density at radius 1 is 1.48 bits per heavy atom. The van der Waals surface area contributed by atoms with Gasteiger partial charge in [-0.25, -0.2) is 9.59 Å². The van der Waals surface area contributed by atoms with Gasteiger partial charge in [-0.3, -0.25) is 4.90 Å². The molecule has 2 N–H and O–H groups in total. The molecule has 0 spiro atoms. The van der Waals surface area contributed by atoms with E-state index in [1.165, 1.54) is 0 Å². The first-order valence-electron chi connectivity index (χ1n) is 7.04. The minimum Gasteiger partial charge on any atom is -0.480 e. The van der Waals surface area contributed by atoms with Crippen molar-refractivity contribution < 1.29 is 14.7 Å². The molecule has 2 amide bonds. The third kappa shape index (κ3) is 3.03. The zero-order chi connectivity index (χ0) is 15.0. The largest absolute Gasteiger partial charge is 0.480 e. The standard InChI is InChI=1S/C14H18N2O3S2/c1-8(11-3-2-6-20-11)15-14(19)16-10(13(17)18)7-21-12(16)9-4-5-9/h2-3,6,8-10,12H,4-5,7H2,1H3,(H,15,19)(H,17,18). The number of carboxylic acid groups (broad SMARTS) is 1. The first kappa shape index (κ1) is 14.7. The van der Waals surface area contributed by atoms with E-state index in [0.717, 1.165) is 17.7 Å². The van der Waals surface area contributed by atoms with Crippen molar-refractivity contribution in [3.8, 4) is 0 Å². The summed E-state index contributed by atoms with van der Waals surface area (Å²) in [6.07, 6.45) is 2.18. The molecule has 1 aromatic rings. The number of hydrogen-bond acceptors (Lipinski definition) is 4. The van der Waals surface area contributed by atoms with Crippen molar-refractivity contribution in [3.05, 3.63) is 22.4 Å². The Balaban J connectivity index is 1.72. The summed E-state index contributed by atoms with van der Waals surface area (Å²) in [5.41, 5.74) is 0. The van der Waals surface area contributed by atoms with Crippen molar-refractivity contribution in [2.45, 2.75) is 37.2 Å². The fourth-order valence-corrected chi connectivity index (χ4v) is 4.95. The van der Waals surface area contributed by atoms with E-state index < -0.39 is 12.0 Å². The fraction of sp³-hybridized carbons (Fsp3) is 0.571. The molecule has 1 aliphatic heterocycles. The molecule has 2 fully saturated rings. The number of amides is 2. The lowest BCUT2D eigenvalue weighted by atomic mass is 10.2. The van der Waals surface area contributed by atoms with Crippen LogP contribution in [-0.4, -0.2) is 39.2 Å². The van der Waals surface area contributed by atoms with Gasteiger partial charge in [-0.2, -0.15) is 0 Å². The summed E-state index contributed by atoms with van der Waals surface area (Å²) in [4.78, 5) is 26.6. The smallest absolute Gasteiger partial charge is 0.327 e. The highest BCUT2D eigenvalue weighted by Gasteiger charge is 2.48. The Hall–Kier alpha value is -1.21. The SMILES string of the molecule is CC(NC(=O)N1C(C(=O)O)CSC1C1CC1)c1cccs1. The zero-order valence-electron chi connectivity index (χ0n) is 11.7. The number of hydrogen-bond donors (Lipinski definition) is 2. The van der Waals surface area contributed by atoms with Gasteiger partial charge in [-0.15, -0.1) is 23.1 Å². The van der Waals surface area contributed by atoms with Crippen LogP contribution in [0, 0.1) is 5.92 Å². The lowest BCUT2D eigenvalue weighted by Crippen LogP contribution is -2.51. The molecule has 0 bridgehead atoms. The van der Waals surface area contributed by atoms with Crippen LogP contribution in [-0.2, 0) is 4.79 Å². The summed E-state index contributed by atoms with van der Waals surface area (Å²) >= 11 is 3.18. The van der Waals surface area contributed by atoms with Crippen molar-refractivity contribution in [1.29, 1.82) is 0 Å². The van der Waals surface area contributed by atoms with Crippen LogP contribution < -0.4 is 5.32 Å². The molecule has 3 rings (SSSR count). The number of carboxylic acids is 1. The second-order valence-corrected chi connectivity index (χ2v) is 7.64. The van der Waals surface area contributed by atoms with E-state index in [9.17, 15) is 14.7 Å². The predicted octanol–water partition coefficient (Wildman–Crippen LogP) is 2.76. The number of nitrogens with zero attached hydrogens (tertiary/aromatic N) is 1. The summed E-state index contributed by atoms with van der Waals surface area (Å²) in [6, 6.07) is 2.85. The van der Waals surface area contributed by atoms with Gasteiger partial charge in [-0.1, -0.05) is 6.07 Å². The number of urea groups is 1. The number of aliphatic carboxylic acids is 1. The van der Waals surface area contributed by atoms with E-state index in [1.807, 2.05) is 24.4 Å². The molecule has 0 radical (unpaired) electrons. The van der Waals surface area contributed by atoms with Crippen LogP contribution in [0.15, 0.2) is 17.5 Å². The topological polar surface area (TPSA) is 69.6 Å². The average molecular weight is 326 g/mol. The average Bonchev–Trinajstić information content (AvgIpc) is 2.98. The van der Waals surface area contributed by atoms with E-state index in [-0.39, 0.29) is 17.4 Å². The van der Waals surface area contributed by atoms with Gasteiger partial charge in [0.15, 0.2) is 0 Å². The van der Waals surface area contributed by atoms with Gasteiger partial charge in [0.05, 0.1) is 11.4 Å². The van der Waals surface area contributed by atoms with E-state index in [0.29, 0.717) is 11.7 Å². The normalized spacial score (nSPS) is 26.6. The lowest BCUT2D eigenvalue weighted by molar-refractivity contribution is -0.141. The molecule has 0 aromatic carbocycles. The first-order valence-corrected chi connectivity index (χ1v) is 8.97. The van der Waals surface area contributed by atoms with Gasteiger partial charge in [0.2, 0.25) is 0 Å². The lowest BCUT2D eigenvalue weighted by Gasteiger charge is -2.29. The Labute approximate surface area is 131 Å². The van der Waals surface area contributed by atoms with E-state index >= 15 is 0 Å². The quantitative estimate of drug-likeness (QED) is 0.892. The maximum atomic E-state index is 12.6. The maximum absolute atomic E-state index is 12.6. The first-order chi connectivity index (χ1) is 10.1. The molecule has 2 aliphatic rings. The highest BCUT2D eigenvalue weighted by atomic mass is 32.2. The molecule has 1 aliphatic carbocycles.